The molecule has 1 rings (SSSR count). The fraction of sp³-hybridized carbons (Fsp3) is 0.364. The van der Waals surface area contributed by atoms with Gasteiger partial charge in [0.25, 0.3) is 5.91 Å². The Labute approximate surface area is 125 Å². The highest BCUT2D eigenvalue weighted by Crippen LogP contribution is 2.20. The summed E-state index contributed by atoms with van der Waals surface area (Å²) < 4.78 is 22.9. The van der Waals surface area contributed by atoms with Gasteiger partial charge in [0.1, 0.15) is 9.84 Å². The van der Waals surface area contributed by atoms with Crippen molar-refractivity contribution >= 4 is 49.9 Å². The average Bonchev–Trinajstić information content (AvgIpc) is 2.27. The normalized spacial score (nSPS) is 11.3. The van der Waals surface area contributed by atoms with Crippen LogP contribution in [-0.4, -0.2) is 44.8 Å². The van der Waals surface area contributed by atoms with Crippen molar-refractivity contribution in [2.75, 3.05) is 25.6 Å². The van der Waals surface area contributed by atoms with Crippen molar-refractivity contribution in [1.29, 1.82) is 0 Å². The molecule has 0 radical (unpaired) electrons. The van der Waals surface area contributed by atoms with Crippen LogP contribution in [0, 0.1) is 3.57 Å². The summed E-state index contributed by atoms with van der Waals surface area (Å²) in [6.07, 6.45) is 1.15. The monoisotopic (exact) mass is 401 g/mol. The molecule has 4 nitrogen and oxygen atoms in total. The van der Waals surface area contributed by atoms with Crippen molar-refractivity contribution in [3.63, 3.8) is 0 Å². The molecular weight excluding hydrogens is 389 g/mol. The second-order valence-electron chi connectivity index (χ2n) is 3.99. The lowest BCUT2D eigenvalue weighted by molar-refractivity contribution is 0.0803. The summed E-state index contributed by atoms with van der Waals surface area (Å²) in [5.41, 5.74) is 0.455. The van der Waals surface area contributed by atoms with Crippen molar-refractivity contribution in [1.82, 2.24) is 4.90 Å². The van der Waals surface area contributed by atoms with E-state index in [0.717, 1.165) is 9.83 Å². The van der Waals surface area contributed by atoms with Crippen LogP contribution in [0.2, 0.25) is 5.02 Å². The highest BCUT2D eigenvalue weighted by atomic mass is 127. The summed E-state index contributed by atoms with van der Waals surface area (Å²) >= 11 is 8.01. The zero-order chi connectivity index (χ0) is 13.9. The van der Waals surface area contributed by atoms with Gasteiger partial charge in [0.2, 0.25) is 0 Å². The molecule has 18 heavy (non-hydrogen) atoms. The molecule has 1 aromatic carbocycles. The molecule has 0 fully saturated rings. The van der Waals surface area contributed by atoms with E-state index in [-0.39, 0.29) is 18.2 Å². The summed E-state index contributed by atoms with van der Waals surface area (Å²) in [6, 6.07) is 5.01. The molecule has 0 saturated heterocycles. The van der Waals surface area contributed by atoms with E-state index in [2.05, 4.69) is 22.6 Å². The summed E-state index contributed by atoms with van der Waals surface area (Å²) in [5, 5.41) is 0.512. The number of sulfone groups is 1. The summed E-state index contributed by atoms with van der Waals surface area (Å²) in [5.74, 6) is -0.287. The van der Waals surface area contributed by atoms with Crippen LogP contribution in [0.4, 0.5) is 0 Å². The fourth-order valence-electron chi connectivity index (χ4n) is 1.25. The van der Waals surface area contributed by atoms with Crippen molar-refractivity contribution in [2.45, 2.75) is 0 Å². The molecule has 0 unspecified atom stereocenters. The van der Waals surface area contributed by atoms with Crippen LogP contribution in [0.3, 0.4) is 0 Å². The minimum Gasteiger partial charge on any atom is -0.341 e. The zero-order valence-corrected chi connectivity index (χ0v) is 13.7. The lowest BCUT2D eigenvalue weighted by atomic mass is 10.2. The van der Waals surface area contributed by atoms with Crippen LogP contribution in [-0.2, 0) is 9.84 Å². The van der Waals surface area contributed by atoms with Crippen LogP contribution in [0.5, 0.6) is 0 Å². The smallest absolute Gasteiger partial charge is 0.253 e. The molecule has 1 amide bonds. The number of halogens is 2. The Morgan fingerprint density at radius 1 is 1.44 bits per heavy atom. The molecule has 0 aliphatic carbocycles. The van der Waals surface area contributed by atoms with Gasteiger partial charge in [0.15, 0.2) is 0 Å². The molecule has 1 aromatic rings. The molecule has 0 aliphatic heterocycles. The Hall–Kier alpha value is -0.340. The number of hydrogen-bond donors (Lipinski definition) is 0. The van der Waals surface area contributed by atoms with E-state index in [9.17, 15) is 13.2 Å². The van der Waals surface area contributed by atoms with Crippen LogP contribution in [0.15, 0.2) is 18.2 Å². The first kappa shape index (κ1) is 15.7. The maximum atomic E-state index is 12.0. The van der Waals surface area contributed by atoms with Crippen molar-refractivity contribution < 1.29 is 13.2 Å². The number of carbonyl (C=O) groups is 1. The van der Waals surface area contributed by atoms with Gasteiger partial charge < -0.3 is 4.90 Å². The molecule has 0 bridgehead atoms. The molecule has 0 aromatic heterocycles. The number of nitrogens with zero attached hydrogens (tertiary/aromatic N) is 1. The third kappa shape index (κ3) is 4.74. The van der Waals surface area contributed by atoms with Gasteiger partial charge in [-0.1, -0.05) is 11.6 Å². The molecule has 0 aliphatic rings. The highest BCUT2D eigenvalue weighted by molar-refractivity contribution is 14.1. The Kier molecular flexibility index (Phi) is 5.42. The molecular formula is C11H13ClINO3S. The van der Waals surface area contributed by atoms with E-state index in [0.29, 0.717) is 10.6 Å². The Morgan fingerprint density at radius 2 is 2.06 bits per heavy atom. The maximum Gasteiger partial charge on any atom is 0.253 e. The topological polar surface area (TPSA) is 54.5 Å². The summed E-state index contributed by atoms with van der Waals surface area (Å²) in [4.78, 5) is 13.4. The SMILES string of the molecule is CN(CCS(C)(=O)=O)C(=O)c1ccc(I)c(Cl)c1. The van der Waals surface area contributed by atoms with E-state index in [4.69, 9.17) is 11.6 Å². The quantitative estimate of drug-likeness (QED) is 0.726. The fourth-order valence-corrected chi connectivity index (χ4v) is 2.38. The summed E-state index contributed by atoms with van der Waals surface area (Å²) in [6.45, 7) is 0.168. The third-order valence-electron chi connectivity index (χ3n) is 2.31. The zero-order valence-electron chi connectivity index (χ0n) is 9.98. The summed E-state index contributed by atoms with van der Waals surface area (Å²) in [7, 11) is -1.50. The van der Waals surface area contributed by atoms with E-state index in [1.807, 2.05) is 0 Å². The van der Waals surface area contributed by atoms with Crippen LogP contribution in [0.25, 0.3) is 0 Å². The molecule has 0 atom stereocenters. The van der Waals surface area contributed by atoms with E-state index in [1.54, 1.807) is 25.2 Å². The highest BCUT2D eigenvalue weighted by Gasteiger charge is 2.14. The third-order valence-corrected chi connectivity index (χ3v) is 4.81. The number of carbonyl (C=O) groups excluding carboxylic acids is 1. The van der Waals surface area contributed by atoms with Gasteiger partial charge in [-0.25, -0.2) is 8.42 Å². The first-order chi connectivity index (χ1) is 8.20. The first-order valence-electron chi connectivity index (χ1n) is 5.09. The Morgan fingerprint density at radius 3 is 2.56 bits per heavy atom. The predicted octanol–water partition coefficient (Wildman–Crippen LogP) is 2.06. The second kappa shape index (κ2) is 6.21. The molecule has 0 N–H and O–H groups in total. The number of amides is 1. The largest absolute Gasteiger partial charge is 0.341 e. The van der Waals surface area contributed by atoms with Crippen molar-refractivity contribution in [3.8, 4) is 0 Å². The lowest BCUT2D eigenvalue weighted by Gasteiger charge is -2.16. The van der Waals surface area contributed by atoms with Gasteiger partial charge in [0, 0.05) is 29.0 Å². The standard InChI is InChI=1S/C11H13ClINO3S/c1-14(5-6-18(2,16)17)11(15)8-3-4-10(13)9(12)7-8/h3-4,7H,5-6H2,1-2H3. The van der Waals surface area contributed by atoms with Gasteiger partial charge >= 0.3 is 0 Å². The van der Waals surface area contributed by atoms with Crippen LogP contribution in [0.1, 0.15) is 10.4 Å². The molecule has 0 saturated carbocycles. The second-order valence-corrected chi connectivity index (χ2v) is 7.81. The number of hydrogen-bond acceptors (Lipinski definition) is 3. The minimum absolute atomic E-state index is 0.0483. The van der Waals surface area contributed by atoms with Gasteiger partial charge in [-0.3, -0.25) is 4.79 Å². The Balaban J connectivity index is 2.77. The molecule has 100 valence electrons. The van der Waals surface area contributed by atoms with Crippen LogP contribution < -0.4 is 0 Å². The average molecular weight is 402 g/mol. The first-order valence-corrected chi connectivity index (χ1v) is 8.60. The van der Waals surface area contributed by atoms with Gasteiger partial charge in [0.05, 0.1) is 10.8 Å². The van der Waals surface area contributed by atoms with Gasteiger partial charge in [-0.05, 0) is 40.8 Å². The minimum atomic E-state index is -3.07. The predicted molar refractivity (Wildman–Crippen MR) is 80.8 cm³/mol. The van der Waals surface area contributed by atoms with E-state index in [1.165, 1.54) is 4.90 Å². The van der Waals surface area contributed by atoms with Gasteiger partial charge in [-0.2, -0.15) is 0 Å². The molecule has 0 heterocycles. The molecule has 7 heteroatoms. The van der Waals surface area contributed by atoms with E-state index >= 15 is 0 Å². The maximum absolute atomic E-state index is 12.0. The number of benzene rings is 1. The van der Waals surface area contributed by atoms with Crippen LogP contribution >= 0.6 is 34.2 Å². The molecule has 0 spiro atoms. The van der Waals surface area contributed by atoms with E-state index < -0.39 is 9.84 Å². The number of rotatable bonds is 4. The van der Waals surface area contributed by atoms with Gasteiger partial charge in [-0.15, -0.1) is 0 Å². The van der Waals surface area contributed by atoms with Crippen molar-refractivity contribution in [3.05, 3.63) is 32.4 Å². The Bertz CT molecular complexity index is 559. The lowest BCUT2D eigenvalue weighted by Crippen LogP contribution is -2.31. The van der Waals surface area contributed by atoms with Crippen molar-refractivity contribution in [2.24, 2.45) is 0 Å².